The van der Waals surface area contributed by atoms with Gasteiger partial charge in [0.05, 0.1) is 25.5 Å². The van der Waals surface area contributed by atoms with Gasteiger partial charge in [0.15, 0.2) is 17.6 Å². The van der Waals surface area contributed by atoms with Crippen LogP contribution in [0, 0.1) is 0 Å². The van der Waals surface area contributed by atoms with Crippen molar-refractivity contribution in [3.63, 3.8) is 0 Å². The number of likely N-dealkylation sites (tertiary alicyclic amines) is 1. The van der Waals surface area contributed by atoms with Gasteiger partial charge in [-0.15, -0.1) is 0 Å². The third kappa shape index (κ3) is 3.72. The summed E-state index contributed by atoms with van der Waals surface area (Å²) in [6.07, 6.45) is 1.81. The van der Waals surface area contributed by atoms with Gasteiger partial charge in [-0.1, -0.05) is 18.2 Å². The summed E-state index contributed by atoms with van der Waals surface area (Å²) in [6.45, 7) is 1.42. The first-order valence-electron chi connectivity index (χ1n) is 9.71. The Morgan fingerprint density at radius 1 is 1.07 bits per heavy atom. The van der Waals surface area contributed by atoms with E-state index in [0.29, 0.717) is 48.0 Å². The lowest BCUT2D eigenvalue weighted by Crippen LogP contribution is -2.33. The van der Waals surface area contributed by atoms with Gasteiger partial charge in [0.1, 0.15) is 5.75 Å². The highest BCUT2D eigenvalue weighted by molar-refractivity contribution is 6.05. The molecule has 0 saturated carbocycles. The molecule has 7 heteroatoms. The number of benzene rings is 2. The zero-order valence-corrected chi connectivity index (χ0v) is 16.6. The predicted octanol–water partition coefficient (Wildman–Crippen LogP) is 2.88. The van der Waals surface area contributed by atoms with Crippen LogP contribution in [0.3, 0.4) is 0 Å². The average Bonchev–Trinajstić information content (AvgIpc) is 3.42. The third-order valence-corrected chi connectivity index (χ3v) is 5.34. The Labute approximate surface area is 169 Å². The molecule has 2 heterocycles. The monoisotopic (exact) mass is 396 g/mol. The van der Waals surface area contributed by atoms with E-state index in [-0.39, 0.29) is 11.8 Å². The van der Waals surface area contributed by atoms with Crippen molar-refractivity contribution in [1.82, 2.24) is 4.90 Å². The van der Waals surface area contributed by atoms with Gasteiger partial charge in [-0.2, -0.15) is 0 Å². The Balaban J connectivity index is 1.61. The number of para-hydroxylation sites is 1. The SMILES string of the molecule is COc1cc(NC(=O)C2Cc3ccccc3O2)c(C(=O)N2CCCC2)cc1OC. The summed E-state index contributed by atoms with van der Waals surface area (Å²) in [7, 11) is 3.03. The first-order valence-corrected chi connectivity index (χ1v) is 9.71. The lowest BCUT2D eigenvalue weighted by molar-refractivity contribution is -0.122. The number of rotatable bonds is 5. The Morgan fingerprint density at radius 3 is 2.45 bits per heavy atom. The fraction of sp³-hybridized carbons (Fsp3) is 0.364. The van der Waals surface area contributed by atoms with Crippen molar-refractivity contribution >= 4 is 17.5 Å². The van der Waals surface area contributed by atoms with E-state index in [9.17, 15) is 9.59 Å². The van der Waals surface area contributed by atoms with E-state index in [1.807, 2.05) is 24.3 Å². The number of anilines is 1. The quantitative estimate of drug-likeness (QED) is 0.841. The second-order valence-electron chi connectivity index (χ2n) is 7.16. The first-order chi connectivity index (χ1) is 14.1. The Morgan fingerprint density at radius 2 is 1.76 bits per heavy atom. The summed E-state index contributed by atoms with van der Waals surface area (Å²) in [5, 5.41) is 2.87. The molecule has 4 rings (SSSR count). The molecule has 2 aliphatic rings. The maximum atomic E-state index is 13.1. The molecule has 152 valence electrons. The number of carbonyl (C=O) groups excluding carboxylic acids is 2. The van der Waals surface area contributed by atoms with E-state index in [4.69, 9.17) is 14.2 Å². The lowest BCUT2D eigenvalue weighted by Gasteiger charge is -2.20. The van der Waals surface area contributed by atoms with E-state index in [1.54, 1.807) is 17.0 Å². The summed E-state index contributed by atoms with van der Waals surface area (Å²) in [5.74, 6) is 1.17. The van der Waals surface area contributed by atoms with Crippen molar-refractivity contribution in [3.8, 4) is 17.2 Å². The number of hydrogen-bond acceptors (Lipinski definition) is 5. The van der Waals surface area contributed by atoms with Crippen LogP contribution in [0.5, 0.6) is 17.2 Å². The van der Waals surface area contributed by atoms with Crippen molar-refractivity contribution < 1.29 is 23.8 Å². The zero-order chi connectivity index (χ0) is 20.4. The van der Waals surface area contributed by atoms with Crippen LogP contribution in [0.1, 0.15) is 28.8 Å². The second-order valence-corrected chi connectivity index (χ2v) is 7.16. The molecule has 1 saturated heterocycles. The van der Waals surface area contributed by atoms with Gasteiger partial charge in [0.2, 0.25) is 0 Å². The van der Waals surface area contributed by atoms with Crippen LogP contribution >= 0.6 is 0 Å². The smallest absolute Gasteiger partial charge is 0.265 e. The molecule has 2 aliphatic heterocycles. The summed E-state index contributed by atoms with van der Waals surface area (Å²) in [5.41, 5.74) is 1.77. The molecule has 1 unspecified atom stereocenters. The van der Waals surface area contributed by atoms with Crippen LogP contribution in [0.25, 0.3) is 0 Å². The van der Waals surface area contributed by atoms with Crippen LogP contribution in [0.2, 0.25) is 0 Å². The highest BCUT2D eigenvalue weighted by Gasteiger charge is 2.31. The van der Waals surface area contributed by atoms with Gasteiger partial charge in [-0.05, 0) is 30.5 Å². The number of ether oxygens (including phenoxy) is 3. The van der Waals surface area contributed by atoms with E-state index in [1.165, 1.54) is 14.2 Å². The molecule has 1 fully saturated rings. The van der Waals surface area contributed by atoms with Crippen LogP contribution in [-0.4, -0.2) is 50.1 Å². The number of hydrogen-bond donors (Lipinski definition) is 1. The predicted molar refractivity (Wildman–Crippen MR) is 108 cm³/mol. The van der Waals surface area contributed by atoms with Crippen LogP contribution in [-0.2, 0) is 11.2 Å². The first kappa shape index (κ1) is 19.1. The number of nitrogens with zero attached hydrogens (tertiary/aromatic N) is 1. The summed E-state index contributed by atoms with van der Waals surface area (Å²) >= 11 is 0. The summed E-state index contributed by atoms with van der Waals surface area (Å²) in [6, 6.07) is 10.8. The van der Waals surface area contributed by atoms with Gasteiger partial charge in [-0.3, -0.25) is 9.59 Å². The fourth-order valence-electron chi connectivity index (χ4n) is 3.79. The Hall–Kier alpha value is -3.22. The number of nitrogens with one attached hydrogen (secondary N) is 1. The van der Waals surface area contributed by atoms with Gasteiger partial charge in [0, 0.05) is 25.6 Å². The number of fused-ring (bicyclic) bond motifs is 1. The maximum Gasteiger partial charge on any atom is 0.265 e. The second kappa shape index (κ2) is 8.03. The maximum absolute atomic E-state index is 13.1. The normalized spacial score (nSPS) is 17.4. The lowest BCUT2D eigenvalue weighted by atomic mass is 10.1. The number of amides is 2. The van der Waals surface area contributed by atoms with Crippen molar-refractivity contribution in [3.05, 3.63) is 47.5 Å². The van der Waals surface area contributed by atoms with Gasteiger partial charge < -0.3 is 24.4 Å². The Bertz CT molecular complexity index is 912. The fourth-order valence-corrected chi connectivity index (χ4v) is 3.79. The van der Waals surface area contributed by atoms with Crippen molar-refractivity contribution in [1.29, 1.82) is 0 Å². The van der Waals surface area contributed by atoms with Crippen LogP contribution < -0.4 is 19.5 Å². The standard InChI is InChI=1S/C22H24N2O5/c1-27-18-12-15(22(26)24-9-5-6-10-24)16(13-19(18)28-2)23-21(25)20-11-14-7-3-4-8-17(14)29-20/h3-4,7-8,12-13,20H,5-6,9-11H2,1-2H3,(H,23,25). The van der Waals surface area contributed by atoms with Crippen LogP contribution in [0.4, 0.5) is 5.69 Å². The molecule has 29 heavy (non-hydrogen) atoms. The topological polar surface area (TPSA) is 77.1 Å². The molecule has 2 amide bonds. The van der Waals surface area contributed by atoms with E-state index >= 15 is 0 Å². The molecule has 2 aromatic carbocycles. The van der Waals surface area contributed by atoms with Gasteiger partial charge >= 0.3 is 0 Å². The summed E-state index contributed by atoms with van der Waals surface area (Å²) in [4.78, 5) is 27.8. The van der Waals surface area contributed by atoms with Crippen molar-refractivity contribution in [2.24, 2.45) is 0 Å². The average molecular weight is 396 g/mol. The van der Waals surface area contributed by atoms with Crippen molar-refractivity contribution in [2.75, 3.05) is 32.6 Å². The minimum atomic E-state index is -0.643. The van der Waals surface area contributed by atoms with E-state index < -0.39 is 6.10 Å². The highest BCUT2D eigenvalue weighted by atomic mass is 16.5. The molecule has 0 radical (unpaired) electrons. The molecule has 1 atom stereocenters. The molecule has 0 aromatic heterocycles. The molecule has 7 nitrogen and oxygen atoms in total. The Kier molecular flexibility index (Phi) is 5.29. The van der Waals surface area contributed by atoms with Gasteiger partial charge in [0.25, 0.3) is 11.8 Å². The van der Waals surface area contributed by atoms with E-state index in [2.05, 4.69) is 5.32 Å². The van der Waals surface area contributed by atoms with Gasteiger partial charge in [-0.25, -0.2) is 0 Å². The molecular weight excluding hydrogens is 372 g/mol. The number of carbonyl (C=O) groups is 2. The zero-order valence-electron chi connectivity index (χ0n) is 16.6. The molecule has 0 spiro atoms. The molecule has 0 aliphatic carbocycles. The molecular formula is C22H24N2O5. The molecule has 1 N–H and O–H groups in total. The van der Waals surface area contributed by atoms with Crippen LogP contribution in [0.15, 0.2) is 36.4 Å². The third-order valence-electron chi connectivity index (χ3n) is 5.34. The van der Waals surface area contributed by atoms with Crippen molar-refractivity contribution in [2.45, 2.75) is 25.4 Å². The molecule has 0 bridgehead atoms. The summed E-state index contributed by atoms with van der Waals surface area (Å²) < 4.78 is 16.5. The largest absolute Gasteiger partial charge is 0.493 e. The van der Waals surface area contributed by atoms with E-state index in [0.717, 1.165) is 18.4 Å². The number of methoxy groups -OCH3 is 2. The highest BCUT2D eigenvalue weighted by Crippen LogP contribution is 2.35. The minimum absolute atomic E-state index is 0.130. The molecule has 2 aromatic rings. The minimum Gasteiger partial charge on any atom is -0.493 e.